The normalized spacial score (nSPS) is 6.50. The van der Waals surface area contributed by atoms with Crippen molar-refractivity contribution < 1.29 is 4.79 Å². The molecule has 0 aromatic rings. The van der Waals surface area contributed by atoms with Crippen LogP contribution in [-0.4, -0.2) is 37.9 Å². The number of rotatable bonds is 1. The molecular formula is C5H13NOS. The minimum Gasteiger partial charge on any atom is -0.351 e. The van der Waals surface area contributed by atoms with Gasteiger partial charge in [0.1, 0.15) is 0 Å². The average Bonchev–Trinajstić information content (AvgIpc) is 1.69. The van der Waals surface area contributed by atoms with Gasteiger partial charge in [-0.3, -0.25) is 4.79 Å². The van der Waals surface area contributed by atoms with Crippen molar-refractivity contribution in [3.05, 3.63) is 0 Å². The van der Waals surface area contributed by atoms with Crippen LogP contribution >= 0.6 is 11.8 Å². The smallest absolute Gasteiger partial charge is 0.209 e. The Kier molecular flexibility index (Phi) is 13.3. The highest BCUT2D eigenvalue weighted by Crippen LogP contribution is 1.70. The first kappa shape index (κ1) is 10.7. The lowest BCUT2D eigenvalue weighted by Gasteiger charge is -1.93. The molecule has 8 heavy (non-hydrogen) atoms. The Morgan fingerprint density at radius 3 is 1.50 bits per heavy atom. The summed E-state index contributed by atoms with van der Waals surface area (Å²) in [5.74, 6) is 0. The van der Waals surface area contributed by atoms with Crippen LogP contribution in [0.2, 0.25) is 0 Å². The molecule has 0 aromatic heterocycles. The zero-order valence-electron chi connectivity index (χ0n) is 5.84. The maximum atomic E-state index is 9.43. The minimum absolute atomic E-state index is 0.750. The fourth-order valence-corrected chi connectivity index (χ4v) is 0. The van der Waals surface area contributed by atoms with Crippen LogP contribution in [0.3, 0.4) is 0 Å². The second-order valence-electron chi connectivity index (χ2n) is 1.48. The molecule has 0 aliphatic heterocycles. The third-order valence-corrected chi connectivity index (χ3v) is 0.211. The zero-order valence-corrected chi connectivity index (χ0v) is 6.66. The van der Waals surface area contributed by atoms with E-state index in [0.717, 1.165) is 6.41 Å². The molecule has 3 heteroatoms. The van der Waals surface area contributed by atoms with Crippen molar-refractivity contribution in [1.82, 2.24) is 4.90 Å². The predicted molar refractivity (Wildman–Crippen MR) is 39.2 cm³/mol. The summed E-state index contributed by atoms with van der Waals surface area (Å²) in [5.41, 5.74) is 0. The summed E-state index contributed by atoms with van der Waals surface area (Å²) in [7, 11) is 3.38. The summed E-state index contributed by atoms with van der Waals surface area (Å²) in [6.07, 6.45) is 4.83. The molecule has 0 spiro atoms. The highest BCUT2D eigenvalue weighted by Gasteiger charge is 1.68. The number of hydrogen-bond donors (Lipinski definition) is 0. The first-order chi connectivity index (χ1) is 3.68. The van der Waals surface area contributed by atoms with Gasteiger partial charge in [-0.2, -0.15) is 11.8 Å². The molecule has 0 saturated heterocycles. The van der Waals surface area contributed by atoms with Crippen LogP contribution < -0.4 is 0 Å². The van der Waals surface area contributed by atoms with Crippen LogP contribution in [0.1, 0.15) is 0 Å². The molecule has 0 unspecified atom stereocenters. The van der Waals surface area contributed by atoms with Crippen LogP contribution in [0, 0.1) is 0 Å². The Bertz CT molecular complexity index is 47.7. The van der Waals surface area contributed by atoms with E-state index in [4.69, 9.17) is 0 Å². The van der Waals surface area contributed by atoms with Crippen molar-refractivity contribution in [1.29, 1.82) is 0 Å². The lowest BCUT2D eigenvalue weighted by atomic mass is 11.0. The number of carbonyl (C=O) groups excluding carboxylic acids is 1. The predicted octanol–water partition coefficient (Wildman–Crippen LogP) is 0.684. The summed E-state index contributed by atoms with van der Waals surface area (Å²) in [4.78, 5) is 10.9. The molecule has 0 aliphatic rings. The molecule has 1 amide bonds. The van der Waals surface area contributed by atoms with Gasteiger partial charge in [0.15, 0.2) is 0 Å². The van der Waals surface area contributed by atoms with E-state index in [1.54, 1.807) is 25.9 Å². The quantitative estimate of drug-likeness (QED) is 0.493. The monoisotopic (exact) mass is 135 g/mol. The van der Waals surface area contributed by atoms with E-state index in [1.165, 1.54) is 4.90 Å². The molecule has 2 nitrogen and oxygen atoms in total. The van der Waals surface area contributed by atoms with Crippen molar-refractivity contribution in [3.63, 3.8) is 0 Å². The molecule has 0 fully saturated rings. The molecule has 0 atom stereocenters. The van der Waals surface area contributed by atoms with E-state index in [1.807, 2.05) is 12.5 Å². The number of nitrogens with zero attached hydrogens (tertiary/aromatic N) is 1. The van der Waals surface area contributed by atoms with Crippen molar-refractivity contribution >= 4 is 18.2 Å². The highest BCUT2D eigenvalue weighted by molar-refractivity contribution is 7.97. The standard InChI is InChI=1S/C3H7NO.C2H6S/c1-4(2)3-5;1-3-2/h3H,1-2H3;1-2H3. The number of thioether (sulfide) groups is 1. The Labute approximate surface area is 55.2 Å². The molecular weight excluding hydrogens is 122 g/mol. The van der Waals surface area contributed by atoms with E-state index in [-0.39, 0.29) is 0 Å². The maximum Gasteiger partial charge on any atom is 0.209 e. The molecule has 0 aromatic carbocycles. The molecule has 0 aliphatic carbocycles. The third kappa shape index (κ3) is 40.8. The number of carbonyl (C=O) groups is 1. The van der Waals surface area contributed by atoms with Crippen molar-refractivity contribution in [2.75, 3.05) is 26.6 Å². The van der Waals surface area contributed by atoms with Crippen LogP contribution in [0.4, 0.5) is 0 Å². The van der Waals surface area contributed by atoms with Gasteiger partial charge in [0.05, 0.1) is 0 Å². The Balaban J connectivity index is 0. The Morgan fingerprint density at radius 2 is 1.50 bits per heavy atom. The molecule has 0 saturated carbocycles. The minimum atomic E-state index is 0.750. The topological polar surface area (TPSA) is 20.3 Å². The van der Waals surface area contributed by atoms with Gasteiger partial charge < -0.3 is 4.90 Å². The van der Waals surface area contributed by atoms with Gasteiger partial charge in [-0.05, 0) is 12.5 Å². The van der Waals surface area contributed by atoms with Gasteiger partial charge in [0.25, 0.3) is 0 Å². The summed E-state index contributed by atoms with van der Waals surface area (Å²) in [6.45, 7) is 0. The SMILES string of the molecule is CN(C)C=O.CSC. The Hall–Kier alpha value is -0.180. The largest absolute Gasteiger partial charge is 0.351 e. The summed E-state index contributed by atoms with van der Waals surface area (Å²) < 4.78 is 0. The fourth-order valence-electron chi connectivity index (χ4n) is 0. The maximum absolute atomic E-state index is 9.43. The van der Waals surface area contributed by atoms with Crippen molar-refractivity contribution in [2.24, 2.45) is 0 Å². The van der Waals surface area contributed by atoms with Gasteiger partial charge in [0.2, 0.25) is 6.41 Å². The summed E-state index contributed by atoms with van der Waals surface area (Å²) >= 11 is 1.75. The van der Waals surface area contributed by atoms with Gasteiger partial charge in [-0.25, -0.2) is 0 Å². The van der Waals surface area contributed by atoms with E-state index in [9.17, 15) is 4.79 Å². The molecule has 0 N–H and O–H groups in total. The van der Waals surface area contributed by atoms with Crippen LogP contribution in [-0.2, 0) is 4.79 Å². The fraction of sp³-hybridized carbons (Fsp3) is 0.800. The average molecular weight is 135 g/mol. The summed E-state index contributed by atoms with van der Waals surface area (Å²) in [6, 6.07) is 0. The van der Waals surface area contributed by atoms with E-state index in [2.05, 4.69) is 0 Å². The van der Waals surface area contributed by atoms with E-state index >= 15 is 0 Å². The molecule has 0 heterocycles. The lowest BCUT2D eigenvalue weighted by molar-refractivity contribution is -0.115. The highest BCUT2D eigenvalue weighted by atomic mass is 32.2. The second kappa shape index (κ2) is 9.94. The first-order valence-corrected chi connectivity index (χ1v) is 3.84. The molecule has 0 radical (unpaired) electrons. The number of hydrogen-bond acceptors (Lipinski definition) is 2. The third-order valence-electron chi connectivity index (χ3n) is 0.211. The first-order valence-electron chi connectivity index (χ1n) is 2.20. The van der Waals surface area contributed by atoms with Crippen LogP contribution in [0.25, 0.3) is 0 Å². The number of amides is 1. The second-order valence-corrected chi connectivity index (χ2v) is 2.29. The molecule has 0 rings (SSSR count). The van der Waals surface area contributed by atoms with Crippen LogP contribution in [0.5, 0.6) is 0 Å². The van der Waals surface area contributed by atoms with Gasteiger partial charge in [-0.15, -0.1) is 0 Å². The Morgan fingerprint density at radius 1 is 1.38 bits per heavy atom. The van der Waals surface area contributed by atoms with Crippen molar-refractivity contribution in [3.8, 4) is 0 Å². The summed E-state index contributed by atoms with van der Waals surface area (Å²) in [5, 5.41) is 0. The van der Waals surface area contributed by atoms with E-state index in [0.29, 0.717) is 0 Å². The lowest BCUT2D eigenvalue weighted by Crippen LogP contribution is -2.06. The van der Waals surface area contributed by atoms with Crippen LogP contribution in [0.15, 0.2) is 0 Å². The zero-order chi connectivity index (χ0) is 6.99. The molecule has 0 bridgehead atoms. The van der Waals surface area contributed by atoms with Gasteiger partial charge in [0, 0.05) is 14.1 Å². The van der Waals surface area contributed by atoms with E-state index < -0.39 is 0 Å². The van der Waals surface area contributed by atoms with Gasteiger partial charge >= 0.3 is 0 Å². The van der Waals surface area contributed by atoms with Gasteiger partial charge in [-0.1, -0.05) is 0 Å². The van der Waals surface area contributed by atoms with Crippen molar-refractivity contribution in [2.45, 2.75) is 0 Å². The molecule has 50 valence electrons.